The third-order valence-electron chi connectivity index (χ3n) is 2.39. The molecule has 7 heteroatoms. The van der Waals surface area contributed by atoms with Gasteiger partial charge < -0.3 is 15.5 Å². The minimum Gasteiger partial charge on any atom is -0.441 e. The van der Waals surface area contributed by atoms with E-state index in [9.17, 15) is 4.79 Å². The number of aromatic nitrogens is 1. The first-order valence-electron chi connectivity index (χ1n) is 5.56. The van der Waals surface area contributed by atoms with E-state index in [4.69, 9.17) is 10.2 Å². The van der Waals surface area contributed by atoms with Crippen LogP contribution in [0.2, 0.25) is 0 Å². The van der Waals surface area contributed by atoms with Crippen LogP contribution in [0.15, 0.2) is 22.6 Å². The van der Waals surface area contributed by atoms with Gasteiger partial charge in [0, 0.05) is 25.1 Å². The van der Waals surface area contributed by atoms with Crippen molar-refractivity contribution in [2.45, 2.75) is 19.8 Å². The summed E-state index contributed by atoms with van der Waals surface area (Å²) in [6.07, 6.45) is 1.12. The SMILES string of the molecule is Cc1nc2ccc(NC(=O)CCCN)cc2o1.Cl.Cl. The van der Waals surface area contributed by atoms with Crippen molar-refractivity contribution in [1.82, 2.24) is 4.98 Å². The fraction of sp³-hybridized carbons (Fsp3) is 0.333. The van der Waals surface area contributed by atoms with Gasteiger partial charge in [-0.2, -0.15) is 0 Å². The van der Waals surface area contributed by atoms with Gasteiger partial charge in [0.05, 0.1) is 0 Å². The van der Waals surface area contributed by atoms with E-state index in [2.05, 4.69) is 10.3 Å². The Morgan fingerprint density at radius 1 is 1.42 bits per heavy atom. The predicted molar refractivity (Wildman–Crippen MR) is 80.2 cm³/mol. The van der Waals surface area contributed by atoms with Crippen molar-refractivity contribution < 1.29 is 9.21 Å². The third-order valence-corrected chi connectivity index (χ3v) is 2.39. The van der Waals surface area contributed by atoms with Crippen LogP contribution >= 0.6 is 24.8 Å². The Kier molecular flexibility index (Phi) is 7.44. The average molecular weight is 306 g/mol. The summed E-state index contributed by atoms with van der Waals surface area (Å²) < 4.78 is 5.39. The molecule has 0 bridgehead atoms. The van der Waals surface area contributed by atoms with E-state index in [0.29, 0.717) is 30.9 Å². The van der Waals surface area contributed by atoms with E-state index < -0.39 is 0 Å². The summed E-state index contributed by atoms with van der Waals surface area (Å²) in [4.78, 5) is 15.7. The minimum atomic E-state index is -0.0361. The molecule has 1 aromatic heterocycles. The van der Waals surface area contributed by atoms with Gasteiger partial charge in [-0.25, -0.2) is 4.98 Å². The zero-order valence-electron chi connectivity index (χ0n) is 10.5. The topological polar surface area (TPSA) is 81.2 Å². The molecule has 0 aliphatic rings. The second-order valence-corrected chi connectivity index (χ2v) is 3.86. The van der Waals surface area contributed by atoms with E-state index in [1.807, 2.05) is 12.1 Å². The number of amides is 1. The molecule has 2 aromatic rings. The normalized spacial score (nSPS) is 9.58. The number of fused-ring (bicyclic) bond motifs is 1. The smallest absolute Gasteiger partial charge is 0.224 e. The molecule has 0 fully saturated rings. The summed E-state index contributed by atoms with van der Waals surface area (Å²) in [7, 11) is 0. The van der Waals surface area contributed by atoms with E-state index in [1.54, 1.807) is 13.0 Å². The molecule has 0 saturated heterocycles. The van der Waals surface area contributed by atoms with E-state index in [0.717, 1.165) is 11.2 Å². The lowest BCUT2D eigenvalue weighted by molar-refractivity contribution is -0.116. The number of halogens is 2. The molecule has 19 heavy (non-hydrogen) atoms. The fourth-order valence-corrected chi connectivity index (χ4v) is 1.60. The van der Waals surface area contributed by atoms with Crippen LogP contribution in [0.4, 0.5) is 5.69 Å². The number of anilines is 1. The standard InChI is InChI=1S/C12H15N3O2.2ClH/c1-8-14-10-5-4-9(7-11(10)17-8)15-12(16)3-2-6-13;;/h4-5,7H,2-3,6,13H2,1H3,(H,15,16);2*1H. The van der Waals surface area contributed by atoms with Crippen molar-refractivity contribution in [3.8, 4) is 0 Å². The molecule has 0 atom stereocenters. The highest BCUT2D eigenvalue weighted by Crippen LogP contribution is 2.19. The highest BCUT2D eigenvalue weighted by Gasteiger charge is 2.05. The molecule has 1 aromatic carbocycles. The van der Waals surface area contributed by atoms with Crippen LogP contribution < -0.4 is 11.1 Å². The number of nitrogens with two attached hydrogens (primary N) is 1. The number of rotatable bonds is 4. The Balaban J connectivity index is 0.00000162. The van der Waals surface area contributed by atoms with E-state index in [1.165, 1.54) is 0 Å². The zero-order chi connectivity index (χ0) is 12.3. The highest BCUT2D eigenvalue weighted by atomic mass is 35.5. The molecule has 0 spiro atoms. The summed E-state index contributed by atoms with van der Waals surface area (Å²) in [5, 5.41) is 2.80. The minimum absolute atomic E-state index is 0. The maximum Gasteiger partial charge on any atom is 0.224 e. The largest absolute Gasteiger partial charge is 0.441 e. The zero-order valence-corrected chi connectivity index (χ0v) is 12.1. The Morgan fingerprint density at radius 2 is 2.16 bits per heavy atom. The van der Waals surface area contributed by atoms with Crippen molar-refractivity contribution in [2.75, 3.05) is 11.9 Å². The van der Waals surface area contributed by atoms with Crippen LogP contribution in [0, 0.1) is 6.92 Å². The van der Waals surface area contributed by atoms with Crippen molar-refractivity contribution in [1.29, 1.82) is 0 Å². The molecule has 1 heterocycles. The van der Waals surface area contributed by atoms with Crippen molar-refractivity contribution in [3.63, 3.8) is 0 Å². The maximum atomic E-state index is 11.5. The van der Waals surface area contributed by atoms with Gasteiger partial charge in [0.2, 0.25) is 5.91 Å². The molecule has 1 amide bonds. The van der Waals surface area contributed by atoms with Crippen LogP contribution in [0.3, 0.4) is 0 Å². The molecule has 3 N–H and O–H groups in total. The first kappa shape index (κ1) is 17.7. The van der Waals surface area contributed by atoms with Gasteiger partial charge in [-0.15, -0.1) is 24.8 Å². The van der Waals surface area contributed by atoms with Gasteiger partial charge in [-0.1, -0.05) is 0 Å². The van der Waals surface area contributed by atoms with Gasteiger partial charge >= 0.3 is 0 Å². The Morgan fingerprint density at radius 3 is 2.84 bits per heavy atom. The number of aryl methyl sites for hydroxylation is 1. The molecule has 2 rings (SSSR count). The molecular weight excluding hydrogens is 289 g/mol. The third kappa shape index (κ3) is 4.70. The Bertz CT molecular complexity index is 543. The lowest BCUT2D eigenvalue weighted by Gasteiger charge is -2.03. The summed E-state index contributed by atoms with van der Waals surface area (Å²) in [5.41, 5.74) is 7.54. The summed E-state index contributed by atoms with van der Waals surface area (Å²) >= 11 is 0. The maximum absolute atomic E-state index is 11.5. The number of oxazole rings is 1. The van der Waals surface area contributed by atoms with Crippen molar-refractivity contribution in [3.05, 3.63) is 24.1 Å². The highest BCUT2D eigenvalue weighted by molar-refractivity contribution is 5.92. The molecule has 0 unspecified atom stereocenters. The molecular formula is C12H17Cl2N3O2. The molecule has 0 radical (unpaired) electrons. The quantitative estimate of drug-likeness (QED) is 0.910. The summed E-state index contributed by atoms with van der Waals surface area (Å²) in [6, 6.07) is 5.41. The number of carbonyl (C=O) groups excluding carboxylic acids is 1. The second kappa shape index (κ2) is 7.99. The van der Waals surface area contributed by atoms with Crippen LogP contribution in [-0.4, -0.2) is 17.4 Å². The Labute approximate surface area is 123 Å². The fourth-order valence-electron chi connectivity index (χ4n) is 1.60. The predicted octanol–water partition coefficient (Wildman–Crippen LogP) is 2.66. The molecule has 0 saturated carbocycles. The average Bonchev–Trinajstić information content (AvgIpc) is 2.65. The van der Waals surface area contributed by atoms with Gasteiger partial charge in [-0.3, -0.25) is 4.79 Å². The lowest BCUT2D eigenvalue weighted by Crippen LogP contribution is -2.13. The number of carbonyl (C=O) groups is 1. The summed E-state index contributed by atoms with van der Waals surface area (Å²) in [6.45, 7) is 2.31. The monoisotopic (exact) mass is 305 g/mol. The van der Waals surface area contributed by atoms with E-state index >= 15 is 0 Å². The molecule has 106 valence electrons. The number of nitrogens with one attached hydrogen (secondary N) is 1. The second-order valence-electron chi connectivity index (χ2n) is 3.86. The van der Waals surface area contributed by atoms with E-state index in [-0.39, 0.29) is 30.7 Å². The van der Waals surface area contributed by atoms with Gasteiger partial charge in [-0.05, 0) is 25.1 Å². The van der Waals surface area contributed by atoms with Crippen LogP contribution in [0.5, 0.6) is 0 Å². The van der Waals surface area contributed by atoms with Crippen molar-refractivity contribution >= 4 is 47.5 Å². The number of hydrogen-bond acceptors (Lipinski definition) is 4. The summed E-state index contributed by atoms with van der Waals surface area (Å²) in [5.74, 6) is 0.581. The lowest BCUT2D eigenvalue weighted by atomic mass is 10.2. The Hall–Kier alpha value is -1.30. The van der Waals surface area contributed by atoms with Gasteiger partial charge in [0.25, 0.3) is 0 Å². The van der Waals surface area contributed by atoms with Gasteiger partial charge in [0.1, 0.15) is 5.52 Å². The van der Waals surface area contributed by atoms with Crippen LogP contribution in [-0.2, 0) is 4.79 Å². The molecule has 5 nitrogen and oxygen atoms in total. The van der Waals surface area contributed by atoms with Crippen molar-refractivity contribution in [2.24, 2.45) is 5.73 Å². The number of benzene rings is 1. The van der Waals surface area contributed by atoms with Crippen LogP contribution in [0.25, 0.3) is 11.1 Å². The van der Waals surface area contributed by atoms with Crippen LogP contribution in [0.1, 0.15) is 18.7 Å². The molecule has 0 aliphatic carbocycles. The number of hydrogen-bond donors (Lipinski definition) is 2. The first-order chi connectivity index (χ1) is 8.19. The number of nitrogens with zero attached hydrogens (tertiary/aromatic N) is 1. The first-order valence-corrected chi connectivity index (χ1v) is 5.56. The van der Waals surface area contributed by atoms with Gasteiger partial charge in [0.15, 0.2) is 11.5 Å². The molecule has 0 aliphatic heterocycles.